The zero-order valence-electron chi connectivity index (χ0n) is 18.2. The standard InChI is InChI=1S/C25H21BrF2N4O2/c1-2-3-12-32-23-18(8-5-11-29-23)21(15-6-4-7-16(26)13-15)22(24(32)33)31-25(34)30-20-10-9-17(27)14-19(20)28/h4-11,13-14H,2-3,12H2,1H3,(H2,30,31,34). The van der Waals surface area contributed by atoms with Gasteiger partial charge in [0.2, 0.25) is 0 Å². The lowest BCUT2D eigenvalue weighted by Crippen LogP contribution is -2.30. The Labute approximate surface area is 202 Å². The molecule has 0 atom stereocenters. The summed E-state index contributed by atoms with van der Waals surface area (Å²) in [4.78, 5) is 30.9. The molecule has 0 unspecified atom stereocenters. The van der Waals surface area contributed by atoms with Crippen LogP contribution in [0.4, 0.5) is 25.0 Å². The minimum atomic E-state index is -0.926. The number of amides is 2. The fourth-order valence-electron chi connectivity index (χ4n) is 3.72. The third-order valence-electron chi connectivity index (χ3n) is 5.29. The highest BCUT2D eigenvalue weighted by Crippen LogP contribution is 2.34. The van der Waals surface area contributed by atoms with E-state index in [9.17, 15) is 18.4 Å². The second-order valence-corrected chi connectivity index (χ2v) is 8.56. The molecule has 0 aliphatic rings. The largest absolute Gasteiger partial charge is 0.323 e. The number of aromatic nitrogens is 2. The van der Waals surface area contributed by atoms with E-state index in [1.807, 2.05) is 37.3 Å². The molecule has 6 nitrogen and oxygen atoms in total. The molecular formula is C25H21BrF2N4O2. The lowest BCUT2D eigenvalue weighted by Gasteiger charge is -2.18. The van der Waals surface area contributed by atoms with Crippen LogP contribution < -0.4 is 16.2 Å². The van der Waals surface area contributed by atoms with Gasteiger partial charge in [0.25, 0.3) is 5.56 Å². The van der Waals surface area contributed by atoms with Crippen molar-refractivity contribution in [2.75, 3.05) is 10.6 Å². The Bertz CT molecular complexity index is 1440. The number of unbranched alkanes of at least 4 members (excludes halogenated alkanes) is 1. The smallest absolute Gasteiger partial charge is 0.305 e. The Morgan fingerprint density at radius 2 is 1.91 bits per heavy atom. The molecule has 174 valence electrons. The van der Waals surface area contributed by atoms with Crippen LogP contribution in [0.15, 0.2) is 70.1 Å². The molecule has 4 aromatic rings. The Kier molecular flexibility index (Phi) is 7.02. The Balaban J connectivity index is 1.88. The van der Waals surface area contributed by atoms with Crippen molar-refractivity contribution in [1.29, 1.82) is 0 Å². The van der Waals surface area contributed by atoms with Gasteiger partial charge in [0.15, 0.2) is 0 Å². The summed E-state index contributed by atoms with van der Waals surface area (Å²) in [5.74, 6) is -1.69. The van der Waals surface area contributed by atoms with Gasteiger partial charge in [0.05, 0.1) is 5.69 Å². The second kappa shape index (κ2) is 10.1. The van der Waals surface area contributed by atoms with Gasteiger partial charge in [0.1, 0.15) is 23.0 Å². The zero-order valence-corrected chi connectivity index (χ0v) is 19.8. The average molecular weight is 527 g/mol. The summed E-state index contributed by atoms with van der Waals surface area (Å²) < 4.78 is 29.6. The molecule has 0 aliphatic carbocycles. The van der Waals surface area contributed by atoms with Gasteiger partial charge in [-0.25, -0.2) is 18.6 Å². The minimum absolute atomic E-state index is 0.0368. The predicted molar refractivity (Wildman–Crippen MR) is 133 cm³/mol. The Morgan fingerprint density at radius 1 is 1.09 bits per heavy atom. The van der Waals surface area contributed by atoms with Crippen LogP contribution in [0.1, 0.15) is 19.8 Å². The van der Waals surface area contributed by atoms with Crippen LogP contribution >= 0.6 is 15.9 Å². The summed E-state index contributed by atoms with van der Waals surface area (Å²) >= 11 is 3.45. The van der Waals surface area contributed by atoms with Crippen molar-refractivity contribution in [2.45, 2.75) is 26.3 Å². The van der Waals surface area contributed by atoms with Gasteiger partial charge in [-0.15, -0.1) is 0 Å². The molecule has 34 heavy (non-hydrogen) atoms. The summed E-state index contributed by atoms with van der Waals surface area (Å²) in [7, 11) is 0. The van der Waals surface area contributed by atoms with Crippen LogP contribution in [0.25, 0.3) is 22.2 Å². The number of nitrogens with one attached hydrogen (secondary N) is 2. The van der Waals surface area contributed by atoms with E-state index < -0.39 is 23.2 Å². The molecule has 0 spiro atoms. The van der Waals surface area contributed by atoms with Gasteiger partial charge in [-0.05, 0) is 48.4 Å². The third-order valence-corrected chi connectivity index (χ3v) is 5.78. The maximum absolute atomic E-state index is 14.1. The number of halogens is 3. The van der Waals surface area contributed by atoms with Gasteiger partial charge in [0, 0.05) is 34.2 Å². The van der Waals surface area contributed by atoms with E-state index >= 15 is 0 Å². The van der Waals surface area contributed by atoms with Crippen molar-refractivity contribution in [3.63, 3.8) is 0 Å². The first kappa shape index (κ1) is 23.6. The highest BCUT2D eigenvalue weighted by atomic mass is 79.9. The van der Waals surface area contributed by atoms with E-state index in [4.69, 9.17) is 0 Å². The molecule has 2 amide bonds. The summed E-state index contributed by atoms with van der Waals surface area (Å²) in [6.07, 6.45) is 3.22. The number of rotatable bonds is 6. The number of fused-ring (bicyclic) bond motifs is 1. The SMILES string of the molecule is CCCCn1c(=O)c(NC(=O)Nc2ccc(F)cc2F)c(-c2cccc(Br)c2)c2cccnc21. The Hall–Kier alpha value is -3.59. The first-order chi connectivity index (χ1) is 16.4. The predicted octanol–water partition coefficient (Wildman–Crippen LogP) is 6.55. The topological polar surface area (TPSA) is 76.0 Å². The lowest BCUT2D eigenvalue weighted by molar-refractivity contribution is 0.262. The molecule has 4 rings (SSSR count). The molecule has 2 aromatic carbocycles. The van der Waals surface area contributed by atoms with Gasteiger partial charge >= 0.3 is 6.03 Å². The maximum Gasteiger partial charge on any atom is 0.323 e. The number of benzene rings is 2. The van der Waals surface area contributed by atoms with E-state index in [1.165, 1.54) is 4.57 Å². The Morgan fingerprint density at radius 3 is 2.65 bits per heavy atom. The van der Waals surface area contributed by atoms with Crippen molar-refractivity contribution in [2.24, 2.45) is 0 Å². The molecule has 2 aromatic heterocycles. The summed E-state index contributed by atoms with van der Waals surface area (Å²) in [5, 5.41) is 5.64. The number of carbonyl (C=O) groups is 1. The maximum atomic E-state index is 14.1. The number of urea groups is 1. The van der Waals surface area contributed by atoms with Crippen LogP contribution in [-0.4, -0.2) is 15.6 Å². The monoisotopic (exact) mass is 526 g/mol. The van der Waals surface area contributed by atoms with Crippen molar-refractivity contribution in [1.82, 2.24) is 9.55 Å². The molecule has 0 radical (unpaired) electrons. The number of hydrogen-bond acceptors (Lipinski definition) is 3. The van der Waals surface area contributed by atoms with Crippen LogP contribution in [0.3, 0.4) is 0 Å². The number of anilines is 2. The van der Waals surface area contributed by atoms with Gasteiger partial charge in [-0.2, -0.15) is 0 Å². The quantitative estimate of drug-likeness (QED) is 0.299. The molecule has 0 saturated carbocycles. The van der Waals surface area contributed by atoms with Crippen molar-refractivity contribution < 1.29 is 13.6 Å². The second-order valence-electron chi connectivity index (χ2n) is 7.65. The van der Waals surface area contributed by atoms with E-state index in [0.717, 1.165) is 29.4 Å². The number of nitrogens with zero attached hydrogens (tertiary/aromatic N) is 2. The van der Waals surface area contributed by atoms with E-state index in [2.05, 4.69) is 31.5 Å². The molecule has 2 N–H and O–H groups in total. The third kappa shape index (κ3) is 4.84. The summed E-state index contributed by atoms with van der Waals surface area (Å²) in [6, 6.07) is 12.9. The fraction of sp³-hybridized carbons (Fsp3) is 0.160. The fourth-order valence-corrected chi connectivity index (χ4v) is 4.12. The average Bonchev–Trinajstić information content (AvgIpc) is 2.81. The van der Waals surface area contributed by atoms with Crippen molar-refractivity contribution in [3.05, 3.63) is 87.3 Å². The molecule has 9 heteroatoms. The lowest BCUT2D eigenvalue weighted by atomic mass is 10.0. The number of carbonyl (C=O) groups excluding carboxylic acids is 1. The van der Waals surface area contributed by atoms with Crippen LogP contribution in [0, 0.1) is 11.6 Å². The molecule has 0 aliphatic heterocycles. The number of pyridine rings is 2. The summed E-state index contributed by atoms with van der Waals surface area (Å²) in [5.41, 5.74) is 1.09. The van der Waals surface area contributed by atoms with E-state index in [0.29, 0.717) is 34.8 Å². The summed E-state index contributed by atoms with van der Waals surface area (Å²) in [6.45, 7) is 2.44. The van der Waals surface area contributed by atoms with Crippen molar-refractivity contribution in [3.8, 4) is 11.1 Å². The molecular weight excluding hydrogens is 506 g/mol. The van der Waals surface area contributed by atoms with Crippen LogP contribution in [0.2, 0.25) is 0 Å². The van der Waals surface area contributed by atoms with Gasteiger partial charge in [-0.3, -0.25) is 9.36 Å². The van der Waals surface area contributed by atoms with Crippen LogP contribution in [0.5, 0.6) is 0 Å². The molecule has 0 fully saturated rings. The first-order valence-corrected chi connectivity index (χ1v) is 11.5. The molecule has 0 saturated heterocycles. The van der Waals surface area contributed by atoms with Gasteiger partial charge < -0.3 is 10.6 Å². The van der Waals surface area contributed by atoms with Crippen LogP contribution in [-0.2, 0) is 6.54 Å². The van der Waals surface area contributed by atoms with Gasteiger partial charge in [-0.1, -0.05) is 41.4 Å². The zero-order chi connectivity index (χ0) is 24.2. The molecule has 0 bridgehead atoms. The minimum Gasteiger partial charge on any atom is -0.305 e. The van der Waals surface area contributed by atoms with E-state index in [1.54, 1.807) is 12.3 Å². The normalized spacial score (nSPS) is 10.9. The first-order valence-electron chi connectivity index (χ1n) is 10.7. The highest BCUT2D eigenvalue weighted by Gasteiger charge is 2.21. The highest BCUT2D eigenvalue weighted by molar-refractivity contribution is 9.10. The van der Waals surface area contributed by atoms with E-state index in [-0.39, 0.29) is 11.4 Å². The molecule has 2 heterocycles. The number of hydrogen-bond donors (Lipinski definition) is 2. The van der Waals surface area contributed by atoms with Crippen molar-refractivity contribution >= 4 is 44.4 Å². The number of aryl methyl sites for hydroxylation is 1.